The van der Waals surface area contributed by atoms with Crippen LogP contribution in [0.4, 0.5) is 6.01 Å². The van der Waals surface area contributed by atoms with E-state index in [0.29, 0.717) is 34.0 Å². The molecule has 0 amide bonds. The molecule has 1 heterocycles. The maximum absolute atomic E-state index is 5.93. The van der Waals surface area contributed by atoms with Crippen LogP contribution in [-0.2, 0) is 4.74 Å². The first kappa shape index (κ1) is 14.1. The summed E-state index contributed by atoms with van der Waals surface area (Å²) in [5.41, 5.74) is 0.703. The number of hydrogen-bond donors (Lipinski definition) is 1. The number of methoxy groups -OCH3 is 1. The standard InChI is InChI=1S/C12H13Cl2N3O2/c1-7(18-2)6-15-12-16-11(17-19-12)8-3-9(13)5-10(14)4-8/h3-5,7H,6H2,1-2H3,(H,15,16,17). The molecule has 0 aliphatic heterocycles. The lowest BCUT2D eigenvalue weighted by Crippen LogP contribution is -2.18. The van der Waals surface area contributed by atoms with Crippen LogP contribution in [0.1, 0.15) is 6.92 Å². The van der Waals surface area contributed by atoms with Crippen LogP contribution in [0.15, 0.2) is 22.7 Å². The summed E-state index contributed by atoms with van der Waals surface area (Å²) in [6.45, 7) is 2.51. The van der Waals surface area contributed by atoms with Crippen molar-refractivity contribution in [3.63, 3.8) is 0 Å². The summed E-state index contributed by atoms with van der Waals surface area (Å²) in [4.78, 5) is 4.21. The van der Waals surface area contributed by atoms with E-state index in [1.165, 1.54) is 0 Å². The second-order valence-corrected chi connectivity index (χ2v) is 4.88. The van der Waals surface area contributed by atoms with Gasteiger partial charge in [-0.25, -0.2) is 0 Å². The van der Waals surface area contributed by atoms with Gasteiger partial charge in [0, 0.05) is 29.3 Å². The fourth-order valence-corrected chi connectivity index (χ4v) is 1.94. The molecule has 0 fully saturated rings. The quantitative estimate of drug-likeness (QED) is 0.916. The molecule has 0 saturated heterocycles. The summed E-state index contributed by atoms with van der Waals surface area (Å²) in [7, 11) is 1.64. The Bertz CT molecular complexity index is 539. The van der Waals surface area contributed by atoms with E-state index in [9.17, 15) is 0 Å². The van der Waals surface area contributed by atoms with Crippen molar-refractivity contribution >= 4 is 29.2 Å². The summed E-state index contributed by atoms with van der Waals surface area (Å²) in [5, 5.41) is 7.90. The van der Waals surface area contributed by atoms with Crippen molar-refractivity contribution < 1.29 is 9.26 Å². The maximum atomic E-state index is 5.93. The van der Waals surface area contributed by atoms with Crippen molar-refractivity contribution in [2.75, 3.05) is 19.0 Å². The Hall–Kier alpha value is -1.30. The van der Waals surface area contributed by atoms with Gasteiger partial charge in [0.2, 0.25) is 5.82 Å². The smallest absolute Gasteiger partial charge is 0.321 e. The lowest BCUT2D eigenvalue weighted by atomic mass is 10.2. The van der Waals surface area contributed by atoms with Crippen molar-refractivity contribution in [1.82, 2.24) is 10.1 Å². The molecule has 2 rings (SSSR count). The summed E-state index contributed by atoms with van der Waals surface area (Å²) in [5.74, 6) is 0.428. The van der Waals surface area contributed by atoms with Gasteiger partial charge in [-0.15, -0.1) is 0 Å². The van der Waals surface area contributed by atoms with E-state index in [4.69, 9.17) is 32.5 Å². The number of rotatable bonds is 5. The van der Waals surface area contributed by atoms with Gasteiger partial charge in [-0.2, -0.15) is 4.98 Å². The highest BCUT2D eigenvalue weighted by Gasteiger charge is 2.10. The number of benzene rings is 1. The van der Waals surface area contributed by atoms with Crippen molar-refractivity contribution in [2.24, 2.45) is 0 Å². The molecule has 0 spiro atoms. The van der Waals surface area contributed by atoms with Crippen LogP contribution < -0.4 is 5.32 Å². The Labute approximate surface area is 120 Å². The minimum atomic E-state index is 0.0518. The van der Waals surface area contributed by atoms with E-state index in [1.54, 1.807) is 25.3 Å². The minimum Gasteiger partial charge on any atom is -0.380 e. The molecule has 1 N–H and O–H groups in total. The zero-order valence-electron chi connectivity index (χ0n) is 10.5. The van der Waals surface area contributed by atoms with Gasteiger partial charge < -0.3 is 14.6 Å². The third-order valence-electron chi connectivity index (χ3n) is 2.49. The number of nitrogens with one attached hydrogen (secondary N) is 1. The highest BCUT2D eigenvalue weighted by atomic mass is 35.5. The average molecular weight is 302 g/mol. The zero-order valence-corrected chi connectivity index (χ0v) is 12.0. The zero-order chi connectivity index (χ0) is 13.8. The van der Waals surface area contributed by atoms with Crippen LogP contribution in [0.5, 0.6) is 0 Å². The fourth-order valence-electron chi connectivity index (χ4n) is 1.41. The largest absolute Gasteiger partial charge is 0.380 e. The van der Waals surface area contributed by atoms with E-state index in [-0.39, 0.29) is 6.10 Å². The summed E-state index contributed by atoms with van der Waals surface area (Å²) in [6, 6.07) is 5.42. The average Bonchev–Trinajstić information content (AvgIpc) is 2.83. The third-order valence-corrected chi connectivity index (χ3v) is 2.93. The minimum absolute atomic E-state index is 0.0518. The molecule has 0 bridgehead atoms. The molecule has 5 nitrogen and oxygen atoms in total. The molecule has 1 atom stereocenters. The van der Waals surface area contributed by atoms with E-state index in [0.717, 1.165) is 0 Å². The molecule has 0 saturated carbocycles. The molecule has 7 heteroatoms. The first-order chi connectivity index (χ1) is 9.08. The monoisotopic (exact) mass is 301 g/mol. The van der Waals surface area contributed by atoms with E-state index in [2.05, 4.69) is 15.5 Å². The Morgan fingerprint density at radius 2 is 2.00 bits per heavy atom. The third kappa shape index (κ3) is 3.83. The molecular weight excluding hydrogens is 289 g/mol. The first-order valence-corrected chi connectivity index (χ1v) is 6.41. The van der Waals surface area contributed by atoms with Gasteiger partial charge in [0.05, 0.1) is 6.10 Å². The van der Waals surface area contributed by atoms with Crippen molar-refractivity contribution in [1.29, 1.82) is 0 Å². The van der Waals surface area contributed by atoms with Crippen LogP contribution in [0, 0.1) is 0 Å². The number of nitrogens with zero attached hydrogens (tertiary/aromatic N) is 2. The normalized spacial score (nSPS) is 12.4. The SMILES string of the molecule is COC(C)CNc1nc(-c2cc(Cl)cc(Cl)c2)no1. The van der Waals surface area contributed by atoms with E-state index >= 15 is 0 Å². The van der Waals surface area contributed by atoms with Gasteiger partial charge in [-0.05, 0) is 25.1 Å². The Morgan fingerprint density at radius 3 is 2.63 bits per heavy atom. The van der Waals surface area contributed by atoms with Crippen LogP contribution in [-0.4, -0.2) is 29.9 Å². The number of halogens is 2. The molecule has 19 heavy (non-hydrogen) atoms. The number of aromatic nitrogens is 2. The fraction of sp³-hybridized carbons (Fsp3) is 0.333. The van der Waals surface area contributed by atoms with E-state index < -0.39 is 0 Å². The molecular formula is C12H13Cl2N3O2. The molecule has 102 valence electrons. The Morgan fingerprint density at radius 1 is 1.32 bits per heavy atom. The van der Waals surface area contributed by atoms with Gasteiger partial charge in [-0.1, -0.05) is 28.4 Å². The van der Waals surface area contributed by atoms with Crippen molar-refractivity contribution in [3.8, 4) is 11.4 Å². The topological polar surface area (TPSA) is 60.2 Å². The van der Waals surface area contributed by atoms with Crippen molar-refractivity contribution in [2.45, 2.75) is 13.0 Å². The Kier molecular flexibility index (Phi) is 4.63. The van der Waals surface area contributed by atoms with Gasteiger partial charge in [-0.3, -0.25) is 0 Å². The molecule has 0 aliphatic rings. The lowest BCUT2D eigenvalue weighted by molar-refractivity contribution is 0.128. The summed E-state index contributed by atoms with van der Waals surface area (Å²) < 4.78 is 10.2. The van der Waals surface area contributed by atoms with Gasteiger partial charge in [0.15, 0.2) is 0 Å². The predicted octanol–water partition coefficient (Wildman–Crippen LogP) is 3.49. The molecule has 1 aromatic carbocycles. The summed E-state index contributed by atoms with van der Waals surface area (Å²) >= 11 is 11.9. The molecule has 1 unspecified atom stereocenters. The van der Waals surface area contributed by atoms with Crippen LogP contribution in [0.2, 0.25) is 10.0 Å². The maximum Gasteiger partial charge on any atom is 0.321 e. The van der Waals surface area contributed by atoms with Crippen LogP contribution in [0.3, 0.4) is 0 Å². The van der Waals surface area contributed by atoms with Gasteiger partial charge >= 0.3 is 6.01 Å². The number of anilines is 1. The predicted molar refractivity (Wildman–Crippen MR) is 74.7 cm³/mol. The highest BCUT2D eigenvalue weighted by molar-refractivity contribution is 6.35. The lowest BCUT2D eigenvalue weighted by Gasteiger charge is -2.07. The van der Waals surface area contributed by atoms with Crippen LogP contribution in [0.25, 0.3) is 11.4 Å². The van der Waals surface area contributed by atoms with Crippen LogP contribution >= 0.6 is 23.2 Å². The number of ether oxygens (including phenoxy) is 1. The Balaban J connectivity index is 2.12. The first-order valence-electron chi connectivity index (χ1n) is 5.65. The molecule has 2 aromatic rings. The number of hydrogen-bond acceptors (Lipinski definition) is 5. The van der Waals surface area contributed by atoms with Gasteiger partial charge in [0.25, 0.3) is 0 Å². The highest BCUT2D eigenvalue weighted by Crippen LogP contribution is 2.25. The second-order valence-electron chi connectivity index (χ2n) is 4.01. The molecule has 1 aromatic heterocycles. The van der Waals surface area contributed by atoms with Crippen molar-refractivity contribution in [3.05, 3.63) is 28.2 Å². The molecule has 0 aliphatic carbocycles. The summed E-state index contributed by atoms with van der Waals surface area (Å²) in [6.07, 6.45) is 0.0518. The second kappa shape index (κ2) is 6.23. The van der Waals surface area contributed by atoms with Gasteiger partial charge in [0.1, 0.15) is 0 Å². The van der Waals surface area contributed by atoms with E-state index in [1.807, 2.05) is 6.92 Å². The molecule has 0 radical (unpaired) electrons.